The molecule has 1 aromatic heterocycles. The zero-order chi connectivity index (χ0) is 19.5. The van der Waals surface area contributed by atoms with Crippen LogP contribution in [0.25, 0.3) is 10.9 Å². The summed E-state index contributed by atoms with van der Waals surface area (Å²) in [6, 6.07) is 10.8. The van der Waals surface area contributed by atoms with Crippen LogP contribution in [0.4, 0.5) is 0 Å². The van der Waals surface area contributed by atoms with Gasteiger partial charge in [0.05, 0.1) is 17.7 Å². The number of benzene rings is 1. The maximum Gasteiger partial charge on any atom is 0.239 e. The van der Waals surface area contributed by atoms with Crippen LogP contribution in [0.2, 0.25) is 0 Å². The second kappa shape index (κ2) is 8.36. The molecule has 1 aromatic carbocycles. The van der Waals surface area contributed by atoms with E-state index in [2.05, 4.69) is 33.8 Å². The standard InChI is InChI=1S/C23H30N4O/c1-2-26-20(15-18-9-8-17(16-24)14-22(18)26)11-10-19-6-3-4-13-27(19)23(28)21-7-5-12-25-21/h8-9,14-15,19,21,25H,2-7,10-13H2,1H3. The molecule has 3 heterocycles. The number of carbonyl (C=O) groups is 1. The normalized spacial score (nSPS) is 22.5. The maximum atomic E-state index is 13.0. The lowest BCUT2D eigenvalue weighted by molar-refractivity contribution is -0.136. The van der Waals surface area contributed by atoms with E-state index in [4.69, 9.17) is 0 Å². The lowest BCUT2D eigenvalue weighted by Gasteiger charge is -2.37. The summed E-state index contributed by atoms with van der Waals surface area (Å²) in [4.78, 5) is 15.2. The van der Waals surface area contributed by atoms with Crippen LogP contribution in [-0.2, 0) is 17.8 Å². The van der Waals surface area contributed by atoms with E-state index in [0.29, 0.717) is 17.5 Å². The highest BCUT2D eigenvalue weighted by Crippen LogP contribution is 2.26. The van der Waals surface area contributed by atoms with Gasteiger partial charge < -0.3 is 14.8 Å². The fourth-order valence-corrected chi connectivity index (χ4v) is 4.96. The van der Waals surface area contributed by atoms with Crippen molar-refractivity contribution in [1.29, 1.82) is 5.26 Å². The molecular weight excluding hydrogens is 348 g/mol. The second-order valence-electron chi connectivity index (χ2n) is 8.13. The Labute approximate surface area is 167 Å². The number of amides is 1. The van der Waals surface area contributed by atoms with Gasteiger partial charge in [-0.3, -0.25) is 4.79 Å². The molecule has 0 bridgehead atoms. The Morgan fingerprint density at radius 1 is 1.25 bits per heavy atom. The molecule has 1 amide bonds. The minimum atomic E-state index is 0.0343. The first-order valence-corrected chi connectivity index (χ1v) is 10.8. The number of rotatable bonds is 5. The number of fused-ring (bicyclic) bond motifs is 1. The Morgan fingerprint density at radius 2 is 2.14 bits per heavy atom. The number of likely N-dealkylation sites (tertiary alicyclic amines) is 1. The number of piperidine rings is 1. The molecule has 2 fully saturated rings. The molecule has 0 spiro atoms. The number of aryl methyl sites for hydroxylation is 2. The van der Waals surface area contributed by atoms with Gasteiger partial charge in [-0.2, -0.15) is 5.26 Å². The molecule has 2 unspecified atom stereocenters. The van der Waals surface area contributed by atoms with Gasteiger partial charge in [0.25, 0.3) is 0 Å². The van der Waals surface area contributed by atoms with Gasteiger partial charge in [0.2, 0.25) is 5.91 Å². The zero-order valence-corrected chi connectivity index (χ0v) is 16.8. The Hall–Kier alpha value is -2.32. The highest BCUT2D eigenvalue weighted by Gasteiger charge is 2.32. The van der Waals surface area contributed by atoms with Crippen LogP contribution in [0.1, 0.15) is 56.7 Å². The van der Waals surface area contributed by atoms with Crippen molar-refractivity contribution in [3.8, 4) is 6.07 Å². The molecule has 1 N–H and O–H groups in total. The molecule has 0 aliphatic carbocycles. The highest BCUT2D eigenvalue weighted by molar-refractivity contribution is 5.83. The zero-order valence-electron chi connectivity index (χ0n) is 16.8. The minimum absolute atomic E-state index is 0.0343. The van der Waals surface area contributed by atoms with Gasteiger partial charge in [-0.1, -0.05) is 6.07 Å². The third kappa shape index (κ3) is 3.66. The Bertz CT molecular complexity index is 888. The lowest BCUT2D eigenvalue weighted by atomic mass is 9.96. The average molecular weight is 379 g/mol. The fourth-order valence-electron chi connectivity index (χ4n) is 4.96. The van der Waals surface area contributed by atoms with Crippen molar-refractivity contribution in [2.45, 2.75) is 70.5 Å². The van der Waals surface area contributed by atoms with Crippen molar-refractivity contribution < 1.29 is 4.79 Å². The summed E-state index contributed by atoms with van der Waals surface area (Å²) >= 11 is 0. The predicted molar refractivity (Wildman–Crippen MR) is 111 cm³/mol. The quantitative estimate of drug-likeness (QED) is 0.865. The van der Waals surface area contributed by atoms with Crippen molar-refractivity contribution in [3.05, 3.63) is 35.5 Å². The monoisotopic (exact) mass is 378 g/mol. The minimum Gasteiger partial charge on any atom is -0.345 e. The van der Waals surface area contributed by atoms with Crippen LogP contribution >= 0.6 is 0 Å². The van der Waals surface area contributed by atoms with Gasteiger partial charge in [0, 0.05) is 30.3 Å². The molecular formula is C23H30N4O. The first kappa shape index (κ1) is 19.0. The summed E-state index contributed by atoms with van der Waals surface area (Å²) in [6.45, 7) is 4.93. The molecule has 2 aromatic rings. The second-order valence-corrected chi connectivity index (χ2v) is 8.13. The van der Waals surface area contributed by atoms with Crippen LogP contribution in [0.5, 0.6) is 0 Å². The number of hydrogen-bond acceptors (Lipinski definition) is 3. The summed E-state index contributed by atoms with van der Waals surface area (Å²) in [5.41, 5.74) is 3.16. The SMILES string of the molecule is CCn1c(CCC2CCCCN2C(=O)C2CCCN2)cc2ccc(C#N)cc21. The molecule has 0 saturated carbocycles. The van der Waals surface area contributed by atoms with Crippen molar-refractivity contribution in [2.75, 3.05) is 13.1 Å². The summed E-state index contributed by atoms with van der Waals surface area (Å²) in [5.74, 6) is 0.317. The molecule has 2 atom stereocenters. The van der Waals surface area contributed by atoms with E-state index < -0.39 is 0 Å². The number of hydrogen-bond donors (Lipinski definition) is 1. The van der Waals surface area contributed by atoms with E-state index in [0.717, 1.165) is 63.7 Å². The largest absolute Gasteiger partial charge is 0.345 e. The molecule has 0 radical (unpaired) electrons. The number of nitrogens with one attached hydrogen (secondary N) is 1. The first-order chi connectivity index (χ1) is 13.7. The summed E-state index contributed by atoms with van der Waals surface area (Å²) < 4.78 is 2.32. The maximum absolute atomic E-state index is 13.0. The van der Waals surface area contributed by atoms with Gasteiger partial charge in [0.1, 0.15) is 0 Å². The number of nitrogens with zero attached hydrogens (tertiary/aromatic N) is 3. The summed E-state index contributed by atoms with van der Waals surface area (Å²) in [6.07, 6.45) is 7.53. The number of carbonyl (C=O) groups excluding carboxylic acids is 1. The Morgan fingerprint density at radius 3 is 2.89 bits per heavy atom. The Balaban J connectivity index is 1.50. The molecule has 28 heavy (non-hydrogen) atoms. The molecule has 2 aliphatic rings. The molecule has 2 aliphatic heterocycles. The van der Waals surface area contributed by atoms with Gasteiger partial charge >= 0.3 is 0 Å². The van der Waals surface area contributed by atoms with E-state index in [1.54, 1.807) is 0 Å². The van der Waals surface area contributed by atoms with E-state index in [-0.39, 0.29) is 6.04 Å². The van der Waals surface area contributed by atoms with Gasteiger partial charge in [-0.15, -0.1) is 0 Å². The fraction of sp³-hybridized carbons (Fsp3) is 0.565. The van der Waals surface area contributed by atoms with Gasteiger partial charge in [-0.25, -0.2) is 0 Å². The predicted octanol–water partition coefficient (Wildman–Crippen LogP) is 3.60. The van der Waals surface area contributed by atoms with Gasteiger partial charge in [-0.05, 0) is 82.0 Å². The van der Waals surface area contributed by atoms with Crippen LogP contribution in [-0.4, -0.2) is 40.5 Å². The van der Waals surface area contributed by atoms with E-state index >= 15 is 0 Å². The third-order valence-electron chi connectivity index (χ3n) is 6.44. The van der Waals surface area contributed by atoms with Crippen molar-refractivity contribution >= 4 is 16.8 Å². The average Bonchev–Trinajstić information content (AvgIpc) is 3.39. The van der Waals surface area contributed by atoms with Crippen molar-refractivity contribution in [1.82, 2.24) is 14.8 Å². The molecule has 5 heteroatoms. The molecule has 4 rings (SSSR count). The highest BCUT2D eigenvalue weighted by atomic mass is 16.2. The molecule has 148 valence electrons. The smallest absolute Gasteiger partial charge is 0.239 e. The number of nitriles is 1. The van der Waals surface area contributed by atoms with E-state index in [1.165, 1.54) is 17.5 Å². The van der Waals surface area contributed by atoms with E-state index in [1.807, 2.05) is 18.2 Å². The summed E-state index contributed by atoms with van der Waals surface area (Å²) in [7, 11) is 0. The number of aromatic nitrogens is 1. The summed E-state index contributed by atoms with van der Waals surface area (Å²) in [5, 5.41) is 13.8. The first-order valence-electron chi connectivity index (χ1n) is 10.8. The molecule has 2 saturated heterocycles. The van der Waals surface area contributed by atoms with Crippen molar-refractivity contribution in [2.24, 2.45) is 0 Å². The van der Waals surface area contributed by atoms with E-state index in [9.17, 15) is 10.1 Å². The van der Waals surface area contributed by atoms with Crippen LogP contribution in [0.3, 0.4) is 0 Å². The molecule has 5 nitrogen and oxygen atoms in total. The lowest BCUT2D eigenvalue weighted by Crippen LogP contribution is -2.50. The third-order valence-corrected chi connectivity index (χ3v) is 6.44. The van der Waals surface area contributed by atoms with Crippen molar-refractivity contribution in [3.63, 3.8) is 0 Å². The van der Waals surface area contributed by atoms with Crippen LogP contribution in [0.15, 0.2) is 24.3 Å². The topological polar surface area (TPSA) is 61.1 Å². The Kier molecular flexibility index (Phi) is 5.68. The van der Waals surface area contributed by atoms with Crippen LogP contribution < -0.4 is 5.32 Å². The van der Waals surface area contributed by atoms with Gasteiger partial charge in [0.15, 0.2) is 0 Å². The van der Waals surface area contributed by atoms with Crippen LogP contribution in [0, 0.1) is 11.3 Å².